The molecule has 2 aromatic carbocycles. The Morgan fingerprint density at radius 3 is 2.75 bits per heavy atom. The summed E-state index contributed by atoms with van der Waals surface area (Å²) in [6, 6.07) is 11.3. The number of rotatable bonds is 8. The van der Waals surface area contributed by atoms with Crippen molar-refractivity contribution in [2.75, 3.05) is 7.05 Å². The van der Waals surface area contributed by atoms with Crippen LogP contribution < -0.4 is 16.0 Å². The third-order valence-electron chi connectivity index (χ3n) is 4.95. The van der Waals surface area contributed by atoms with E-state index in [1.54, 1.807) is 43.2 Å². The van der Waals surface area contributed by atoms with Crippen LogP contribution >= 0.6 is 11.8 Å². The quantitative estimate of drug-likeness (QED) is 0.262. The summed E-state index contributed by atoms with van der Waals surface area (Å²) in [6.45, 7) is 0. The van der Waals surface area contributed by atoms with E-state index in [4.69, 9.17) is 10.5 Å². The van der Waals surface area contributed by atoms with Gasteiger partial charge in [-0.2, -0.15) is 23.4 Å². The second kappa shape index (κ2) is 11.6. The molecule has 0 aliphatic heterocycles. The fraction of sp³-hybridized carbons (Fsp3) is 0.200. The molecule has 7 nitrogen and oxygen atoms in total. The van der Waals surface area contributed by atoms with Gasteiger partial charge in [0.05, 0.1) is 11.1 Å². The zero-order valence-corrected chi connectivity index (χ0v) is 20.2. The second-order valence-corrected chi connectivity index (χ2v) is 8.57. The minimum Gasteiger partial charge on any atom is -0.456 e. The number of hydrogen-bond donors (Lipinski definition) is 1. The van der Waals surface area contributed by atoms with Crippen LogP contribution in [0.15, 0.2) is 75.4 Å². The van der Waals surface area contributed by atoms with Gasteiger partial charge in [0, 0.05) is 44.2 Å². The Balaban J connectivity index is 1.74. The molecule has 0 amide bonds. The molecule has 36 heavy (non-hydrogen) atoms. The van der Waals surface area contributed by atoms with E-state index >= 15 is 0 Å². The van der Waals surface area contributed by atoms with Gasteiger partial charge >= 0.3 is 6.18 Å². The Labute approximate surface area is 209 Å². The van der Waals surface area contributed by atoms with E-state index < -0.39 is 11.7 Å². The maximum absolute atomic E-state index is 13.0. The van der Waals surface area contributed by atoms with Crippen LogP contribution in [0.4, 0.5) is 13.2 Å². The smallest absolute Gasteiger partial charge is 0.416 e. The van der Waals surface area contributed by atoms with Crippen LogP contribution in [-0.2, 0) is 25.4 Å². The van der Waals surface area contributed by atoms with Crippen molar-refractivity contribution in [1.82, 2.24) is 9.55 Å². The summed E-state index contributed by atoms with van der Waals surface area (Å²) in [7, 11) is 3.38. The first-order valence-corrected chi connectivity index (χ1v) is 11.5. The molecule has 0 radical (unpaired) electrons. The molecule has 0 aliphatic carbocycles. The highest BCUT2D eigenvalue weighted by molar-refractivity contribution is 7.98. The summed E-state index contributed by atoms with van der Waals surface area (Å²) < 4.78 is 46.2. The van der Waals surface area contributed by atoms with Crippen LogP contribution in [0.25, 0.3) is 0 Å². The Bertz CT molecular complexity index is 1410. The van der Waals surface area contributed by atoms with Crippen LogP contribution in [-0.4, -0.2) is 22.8 Å². The molecule has 0 fully saturated rings. The largest absolute Gasteiger partial charge is 0.456 e. The molecular weight excluding hydrogens is 491 g/mol. The van der Waals surface area contributed by atoms with Gasteiger partial charge in [-0.05, 0) is 47.7 Å². The van der Waals surface area contributed by atoms with Gasteiger partial charge in [0.15, 0.2) is 5.16 Å². The number of nitriles is 1. The molecule has 11 heteroatoms. The minimum atomic E-state index is -4.50. The monoisotopic (exact) mass is 513 g/mol. The molecule has 0 saturated heterocycles. The van der Waals surface area contributed by atoms with Crippen molar-refractivity contribution >= 4 is 18.0 Å². The number of aromatic nitrogens is 2. The number of alkyl halides is 3. The van der Waals surface area contributed by atoms with Crippen LogP contribution in [0.5, 0.6) is 11.5 Å². The number of allylic oxidation sites excluding steroid dienone is 1. The summed E-state index contributed by atoms with van der Waals surface area (Å²) in [5.74, 6) is 0.509. The molecule has 0 atom stereocenters. The molecule has 0 spiro atoms. The molecule has 1 aromatic heterocycles. The molecule has 1 heterocycles. The number of benzene rings is 2. The van der Waals surface area contributed by atoms with Gasteiger partial charge in [-0.3, -0.25) is 9.79 Å². The Hall–Kier alpha value is -4.04. The first-order chi connectivity index (χ1) is 17.1. The van der Waals surface area contributed by atoms with E-state index in [-0.39, 0.29) is 22.6 Å². The number of halogens is 3. The molecule has 3 rings (SSSR count). The molecule has 2 N–H and O–H groups in total. The molecule has 186 valence electrons. The number of nitrogens with two attached hydrogens (primary N) is 1. The molecule has 0 unspecified atom stereocenters. The molecule has 3 aromatic rings. The first kappa shape index (κ1) is 26.6. The zero-order chi connectivity index (χ0) is 26.3. The fourth-order valence-electron chi connectivity index (χ4n) is 3.22. The van der Waals surface area contributed by atoms with E-state index in [2.05, 4.69) is 9.98 Å². The fourth-order valence-corrected chi connectivity index (χ4v) is 4.10. The van der Waals surface area contributed by atoms with Crippen LogP contribution in [0.1, 0.15) is 22.3 Å². The normalized spacial score (nSPS) is 12.1. The van der Waals surface area contributed by atoms with Crippen molar-refractivity contribution in [3.05, 3.63) is 93.0 Å². The van der Waals surface area contributed by atoms with E-state index in [0.29, 0.717) is 28.5 Å². The van der Waals surface area contributed by atoms with E-state index in [0.717, 1.165) is 17.7 Å². The highest BCUT2D eigenvalue weighted by Gasteiger charge is 2.30. The van der Waals surface area contributed by atoms with Gasteiger partial charge in [-0.1, -0.05) is 23.9 Å². The summed E-state index contributed by atoms with van der Waals surface area (Å²) in [6.07, 6.45) is 0.463. The number of ether oxygens (including phenoxy) is 1. The highest BCUT2D eigenvalue weighted by atomic mass is 32.2. The van der Waals surface area contributed by atoms with Gasteiger partial charge in [-0.25, -0.2) is 0 Å². The average Bonchev–Trinajstić information content (AvgIpc) is 2.85. The van der Waals surface area contributed by atoms with Crippen molar-refractivity contribution in [3.63, 3.8) is 0 Å². The summed E-state index contributed by atoms with van der Waals surface area (Å²) in [4.78, 5) is 20.5. The van der Waals surface area contributed by atoms with Crippen molar-refractivity contribution in [2.24, 2.45) is 17.8 Å². The lowest BCUT2D eigenvalue weighted by molar-refractivity contribution is -0.137. The van der Waals surface area contributed by atoms with Gasteiger partial charge in [0.25, 0.3) is 5.56 Å². The standard InChI is InChI=1S/C25H22F3N5O2S/c1-31-13-17(11-29)9-19-14-33(2)24(32-23(19)34)36-15-16-6-7-22(18(8-16)12-30)35-21-5-3-4-20(10-21)25(26,27)28/h3-8,10-11,13-14H,9,15,29H2,1-2H3. The molecular formula is C25H22F3N5O2S. The van der Waals surface area contributed by atoms with Crippen LogP contribution in [0.3, 0.4) is 0 Å². The Morgan fingerprint density at radius 1 is 1.31 bits per heavy atom. The Morgan fingerprint density at radius 2 is 2.08 bits per heavy atom. The highest BCUT2D eigenvalue weighted by Crippen LogP contribution is 2.34. The van der Waals surface area contributed by atoms with E-state index in [1.165, 1.54) is 36.2 Å². The third kappa shape index (κ3) is 6.76. The van der Waals surface area contributed by atoms with E-state index in [1.807, 2.05) is 6.07 Å². The topological polar surface area (TPSA) is 106 Å². The van der Waals surface area contributed by atoms with Crippen molar-refractivity contribution in [2.45, 2.75) is 23.5 Å². The third-order valence-corrected chi connectivity index (χ3v) is 6.06. The van der Waals surface area contributed by atoms with Gasteiger partial charge < -0.3 is 15.0 Å². The first-order valence-electron chi connectivity index (χ1n) is 10.5. The summed E-state index contributed by atoms with van der Waals surface area (Å²) in [5, 5.41) is 10.0. The zero-order valence-electron chi connectivity index (χ0n) is 19.4. The molecule has 0 bridgehead atoms. The maximum Gasteiger partial charge on any atom is 0.416 e. The predicted molar refractivity (Wildman–Crippen MR) is 132 cm³/mol. The lowest BCUT2D eigenvalue weighted by Crippen LogP contribution is -2.19. The average molecular weight is 514 g/mol. The number of hydrogen-bond acceptors (Lipinski definition) is 7. The lowest BCUT2D eigenvalue weighted by Gasteiger charge is -2.12. The molecule has 0 saturated carbocycles. The number of thioether (sulfide) groups is 1. The number of aliphatic imine (C=N–C) groups is 1. The second-order valence-electron chi connectivity index (χ2n) is 7.63. The summed E-state index contributed by atoms with van der Waals surface area (Å²) >= 11 is 1.30. The lowest BCUT2D eigenvalue weighted by atomic mass is 10.1. The summed E-state index contributed by atoms with van der Waals surface area (Å²) in [5.41, 5.74) is 6.44. The number of aryl methyl sites for hydroxylation is 1. The van der Waals surface area contributed by atoms with Crippen molar-refractivity contribution in [1.29, 1.82) is 5.26 Å². The Kier molecular flexibility index (Phi) is 8.55. The minimum absolute atomic E-state index is 0.0272. The van der Waals surface area contributed by atoms with Gasteiger partial charge in [0.2, 0.25) is 0 Å². The van der Waals surface area contributed by atoms with Crippen molar-refractivity contribution in [3.8, 4) is 17.6 Å². The SMILES string of the molecule is CN=CC(=CN)Cc1cn(C)c(SCc2ccc(Oc3cccc(C(F)(F)F)c3)c(C#N)c2)nc1=O. The van der Waals surface area contributed by atoms with E-state index in [9.17, 15) is 23.2 Å². The predicted octanol–water partition coefficient (Wildman–Crippen LogP) is 4.84. The van der Waals surface area contributed by atoms with Gasteiger partial charge in [-0.15, -0.1) is 0 Å². The number of nitrogens with zero attached hydrogens (tertiary/aromatic N) is 4. The van der Waals surface area contributed by atoms with Gasteiger partial charge in [0.1, 0.15) is 17.6 Å². The van der Waals surface area contributed by atoms with Crippen molar-refractivity contribution < 1.29 is 17.9 Å². The molecule has 0 aliphatic rings. The maximum atomic E-state index is 13.0. The van der Waals surface area contributed by atoms with Crippen LogP contribution in [0, 0.1) is 11.3 Å². The van der Waals surface area contributed by atoms with Crippen LogP contribution in [0.2, 0.25) is 0 Å².